The molecule has 1 aromatic rings. The van der Waals surface area contributed by atoms with E-state index in [1.54, 1.807) is 6.92 Å². The van der Waals surface area contributed by atoms with Crippen molar-refractivity contribution in [3.63, 3.8) is 0 Å². The van der Waals surface area contributed by atoms with Crippen LogP contribution >= 0.6 is 11.8 Å². The summed E-state index contributed by atoms with van der Waals surface area (Å²) in [5.41, 5.74) is 6.95. The molecule has 0 aliphatic carbocycles. The second-order valence-electron chi connectivity index (χ2n) is 4.75. The van der Waals surface area contributed by atoms with E-state index in [1.807, 2.05) is 34.9 Å². The molecule has 1 aliphatic rings. The van der Waals surface area contributed by atoms with E-state index in [1.165, 1.54) is 5.56 Å². The lowest BCUT2D eigenvalue weighted by atomic mass is 10.0. The van der Waals surface area contributed by atoms with Gasteiger partial charge in [0.05, 0.1) is 12.1 Å². The van der Waals surface area contributed by atoms with Crippen LogP contribution in [0.5, 0.6) is 0 Å². The van der Waals surface area contributed by atoms with Crippen LogP contribution in [0.3, 0.4) is 0 Å². The maximum atomic E-state index is 12.2. The van der Waals surface area contributed by atoms with E-state index in [-0.39, 0.29) is 11.9 Å². The highest BCUT2D eigenvalue weighted by Crippen LogP contribution is 2.36. The number of nitrogens with two attached hydrogens (primary N) is 1. The molecule has 0 spiro atoms. The standard InChI is InChI=1S/C14H20N2OS/c1-10(15)14(17)16-8-9-18-11(2)13(16)12-6-4-3-5-7-12/h3-7,10-11,13H,8-9,15H2,1-2H3/t10-,11+,13-/m1/s1. The predicted molar refractivity (Wildman–Crippen MR) is 76.5 cm³/mol. The SMILES string of the molecule is C[C@@H]1SCCN(C(=O)[C@@H](C)N)[C@H]1c1ccccc1. The van der Waals surface area contributed by atoms with Gasteiger partial charge in [0.15, 0.2) is 0 Å². The molecule has 1 fully saturated rings. The largest absolute Gasteiger partial charge is 0.332 e. The molecule has 0 bridgehead atoms. The Kier molecular flexibility index (Phi) is 4.30. The van der Waals surface area contributed by atoms with Crippen LogP contribution in [-0.4, -0.2) is 34.4 Å². The highest BCUT2D eigenvalue weighted by molar-refractivity contribution is 8.00. The molecule has 2 rings (SSSR count). The van der Waals surface area contributed by atoms with Gasteiger partial charge in [-0.15, -0.1) is 0 Å². The van der Waals surface area contributed by atoms with Crippen molar-refractivity contribution in [2.75, 3.05) is 12.3 Å². The minimum Gasteiger partial charge on any atom is -0.332 e. The molecule has 0 radical (unpaired) electrons. The maximum absolute atomic E-state index is 12.2. The smallest absolute Gasteiger partial charge is 0.239 e. The lowest BCUT2D eigenvalue weighted by molar-refractivity contribution is -0.134. The zero-order chi connectivity index (χ0) is 13.1. The third-order valence-electron chi connectivity index (χ3n) is 3.31. The van der Waals surface area contributed by atoms with Gasteiger partial charge in [-0.1, -0.05) is 37.3 Å². The minimum atomic E-state index is -0.425. The van der Waals surface area contributed by atoms with Crippen molar-refractivity contribution in [3.8, 4) is 0 Å². The molecule has 4 heteroatoms. The van der Waals surface area contributed by atoms with Crippen molar-refractivity contribution >= 4 is 17.7 Å². The molecular formula is C14H20N2OS. The van der Waals surface area contributed by atoms with Crippen LogP contribution in [-0.2, 0) is 4.79 Å². The summed E-state index contributed by atoms with van der Waals surface area (Å²) < 4.78 is 0. The Balaban J connectivity index is 2.29. The Hall–Kier alpha value is -1.00. The Morgan fingerprint density at radius 3 is 2.72 bits per heavy atom. The first-order valence-corrected chi connectivity index (χ1v) is 7.38. The van der Waals surface area contributed by atoms with Crippen LogP contribution in [0.4, 0.5) is 0 Å². The lowest BCUT2D eigenvalue weighted by Gasteiger charge is -2.40. The number of amides is 1. The number of hydrogen-bond acceptors (Lipinski definition) is 3. The van der Waals surface area contributed by atoms with Crippen LogP contribution < -0.4 is 5.73 Å². The Morgan fingerprint density at radius 1 is 1.44 bits per heavy atom. The average Bonchev–Trinajstić information content (AvgIpc) is 2.38. The first kappa shape index (κ1) is 13.4. The summed E-state index contributed by atoms with van der Waals surface area (Å²) in [6.45, 7) is 4.73. The summed E-state index contributed by atoms with van der Waals surface area (Å²) in [5, 5.41) is 0.406. The molecule has 1 amide bonds. The van der Waals surface area contributed by atoms with E-state index in [4.69, 9.17) is 5.73 Å². The van der Waals surface area contributed by atoms with Crippen LogP contribution in [0.25, 0.3) is 0 Å². The van der Waals surface area contributed by atoms with Gasteiger partial charge in [0, 0.05) is 17.5 Å². The van der Waals surface area contributed by atoms with Gasteiger partial charge >= 0.3 is 0 Å². The first-order chi connectivity index (χ1) is 8.61. The zero-order valence-electron chi connectivity index (χ0n) is 10.9. The molecule has 3 nitrogen and oxygen atoms in total. The number of nitrogens with zero attached hydrogens (tertiary/aromatic N) is 1. The van der Waals surface area contributed by atoms with Crippen molar-refractivity contribution in [1.82, 2.24) is 4.90 Å². The van der Waals surface area contributed by atoms with E-state index in [2.05, 4.69) is 19.1 Å². The van der Waals surface area contributed by atoms with E-state index < -0.39 is 6.04 Å². The molecule has 1 aromatic carbocycles. The van der Waals surface area contributed by atoms with Gasteiger partial charge in [-0.05, 0) is 12.5 Å². The van der Waals surface area contributed by atoms with Crippen molar-refractivity contribution in [1.29, 1.82) is 0 Å². The van der Waals surface area contributed by atoms with E-state index >= 15 is 0 Å². The molecule has 1 saturated heterocycles. The Morgan fingerprint density at radius 2 is 2.11 bits per heavy atom. The summed E-state index contributed by atoms with van der Waals surface area (Å²) in [4.78, 5) is 14.2. The summed E-state index contributed by atoms with van der Waals surface area (Å²) in [6, 6.07) is 9.95. The third-order valence-corrected chi connectivity index (χ3v) is 4.51. The van der Waals surface area contributed by atoms with Crippen LogP contribution in [0.2, 0.25) is 0 Å². The second-order valence-corrected chi connectivity index (χ2v) is 6.24. The van der Waals surface area contributed by atoms with E-state index in [9.17, 15) is 4.79 Å². The van der Waals surface area contributed by atoms with Crippen LogP contribution in [0, 0.1) is 0 Å². The fourth-order valence-corrected chi connectivity index (χ4v) is 3.59. The highest BCUT2D eigenvalue weighted by atomic mass is 32.2. The first-order valence-electron chi connectivity index (χ1n) is 6.34. The summed E-state index contributed by atoms with van der Waals surface area (Å²) in [6.07, 6.45) is 0. The van der Waals surface area contributed by atoms with Crippen molar-refractivity contribution in [2.45, 2.75) is 31.2 Å². The molecule has 0 saturated carbocycles. The highest BCUT2D eigenvalue weighted by Gasteiger charge is 2.34. The summed E-state index contributed by atoms with van der Waals surface area (Å²) in [7, 11) is 0. The Bertz CT molecular complexity index is 408. The van der Waals surface area contributed by atoms with Gasteiger partial charge in [0.1, 0.15) is 0 Å². The molecule has 98 valence electrons. The third kappa shape index (κ3) is 2.70. The van der Waals surface area contributed by atoms with Gasteiger partial charge in [-0.3, -0.25) is 4.79 Å². The summed E-state index contributed by atoms with van der Waals surface area (Å²) in [5.74, 6) is 1.04. The molecule has 2 N–H and O–H groups in total. The molecule has 1 aliphatic heterocycles. The van der Waals surface area contributed by atoms with Gasteiger partial charge < -0.3 is 10.6 Å². The lowest BCUT2D eigenvalue weighted by Crippen LogP contribution is -2.49. The Labute approximate surface area is 113 Å². The van der Waals surface area contributed by atoms with E-state index in [0.717, 1.165) is 12.3 Å². The van der Waals surface area contributed by atoms with Gasteiger partial charge in [0.25, 0.3) is 0 Å². The minimum absolute atomic E-state index is 0.0519. The number of hydrogen-bond donors (Lipinski definition) is 1. The molecular weight excluding hydrogens is 244 g/mol. The molecule has 3 atom stereocenters. The van der Waals surface area contributed by atoms with Gasteiger partial charge in [-0.25, -0.2) is 0 Å². The van der Waals surface area contributed by atoms with Crippen LogP contribution in [0.1, 0.15) is 25.5 Å². The number of carbonyl (C=O) groups excluding carboxylic acids is 1. The molecule has 18 heavy (non-hydrogen) atoms. The maximum Gasteiger partial charge on any atom is 0.239 e. The fraction of sp³-hybridized carbons (Fsp3) is 0.500. The van der Waals surface area contributed by atoms with E-state index in [0.29, 0.717) is 5.25 Å². The number of carbonyl (C=O) groups is 1. The normalized spacial score (nSPS) is 25.8. The fourth-order valence-electron chi connectivity index (χ4n) is 2.43. The average molecular weight is 264 g/mol. The number of thioether (sulfide) groups is 1. The molecule has 0 unspecified atom stereocenters. The zero-order valence-corrected chi connectivity index (χ0v) is 11.7. The van der Waals surface area contributed by atoms with Gasteiger partial charge in [0.2, 0.25) is 5.91 Å². The van der Waals surface area contributed by atoms with Crippen LogP contribution in [0.15, 0.2) is 30.3 Å². The number of benzene rings is 1. The topological polar surface area (TPSA) is 46.3 Å². The second kappa shape index (κ2) is 5.76. The van der Waals surface area contributed by atoms with Gasteiger partial charge in [-0.2, -0.15) is 11.8 Å². The molecule has 1 heterocycles. The van der Waals surface area contributed by atoms with Crippen molar-refractivity contribution < 1.29 is 4.79 Å². The predicted octanol–water partition coefficient (Wildman–Crippen LogP) is 2.04. The molecule has 0 aromatic heterocycles. The van der Waals surface area contributed by atoms with Crippen molar-refractivity contribution in [3.05, 3.63) is 35.9 Å². The quantitative estimate of drug-likeness (QED) is 0.889. The number of rotatable bonds is 2. The summed E-state index contributed by atoms with van der Waals surface area (Å²) >= 11 is 1.92. The van der Waals surface area contributed by atoms with Crippen molar-refractivity contribution in [2.24, 2.45) is 5.73 Å². The monoisotopic (exact) mass is 264 g/mol.